The van der Waals surface area contributed by atoms with Gasteiger partial charge in [0, 0.05) is 27.6 Å². The molecule has 0 saturated heterocycles. The highest BCUT2D eigenvalue weighted by atomic mass is 32.2. The van der Waals surface area contributed by atoms with E-state index < -0.39 is 41.4 Å². The first-order valence-electron chi connectivity index (χ1n) is 9.88. The van der Waals surface area contributed by atoms with Crippen molar-refractivity contribution in [2.24, 2.45) is 5.73 Å². The first kappa shape index (κ1) is 24.0. The number of hydrogen-bond donors (Lipinski definition) is 4. The highest BCUT2D eigenvalue weighted by molar-refractivity contribution is 7.99. The normalized spacial score (nSPS) is 12.5. The first-order chi connectivity index (χ1) is 16.5. The van der Waals surface area contributed by atoms with Gasteiger partial charge in [0.25, 0.3) is 5.91 Å². The van der Waals surface area contributed by atoms with Gasteiger partial charge in [-0.05, 0) is 30.3 Å². The monoisotopic (exact) mass is 504 g/mol. The Bertz CT molecular complexity index is 1440. The number of aromatic nitrogens is 3. The quantitative estimate of drug-likeness (QED) is 0.293. The van der Waals surface area contributed by atoms with Gasteiger partial charge < -0.3 is 21.8 Å². The van der Waals surface area contributed by atoms with Crippen LogP contribution in [0.2, 0.25) is 0 Å². The minimum Gasteiger partial charge on any atom is -0.382 e. The van der Waals surface area contributed by atoms with Gasteiger partial charge in [0.1, 0.15) is 10.8 Å². The van der Waals surface area contributed by atoms with Gasteiger partial charge in [-0.1, -0.05) is 23.9 Å². The molecule has 1 unspecified atom stereocenters. The number of carbonyl (C=O) groups is 2. The molecule has 4 rings (SSSR count). The SMILES string of the molecule is NC(=O)c1ccccc1Sc1cnc(N)c(C(=O)NC(c2c[nH]c3ccc(F)cc23)C(F)(F)F)n1. The number of nitrogen functional groups attached to an aromatic ring is 1. The van der Waals surface area contributed by atoms with Gasteiger partial charge in [-0.2, -0.15) is 13.2 Å². The molecule has 0 aliphatic carbocycles. The van der Waals surface area contributed by atoms with E-state index in [0.717, 1.165) is 30.1 Å². The summed E-state index contributed by atoms with van der Waals surface area (Å²) >= 11 is 0.930. The predicted octanol–water partition coefficient (Wildman–Crippen LogP) is 3.96. The van der Waals surface area contributed by atoms with Gasteiger partial charge >= 0.3 is 6.18 Å². The lowest BCUT2D eigenvalue weighted by Crippen LogP contribution is -2.38. The number of nitrogens with one attached hydrogen (secondary N) is 2. The molecule has 2 amide bonds. The maximum atomic E-state index is 13.9. The summed E-state index contributed by atoms with van der Waals surface area (Å²) in [6.07, 6.45) is -2.67. The summed E-state index contributed by atoms with van der Waals surface area (Å²) in [5, 5.41) is 1.93. The third kappa shape index (κ3) is 5.04. The molecule has 1 atom stereocenters. The number of amides is 2. The standard InChI is InChI=1S/C22H16F4N6O2S/c23-10-5-6-14-12(7-10)13(8-29-14)18(22(24,25)26)32-21(34)17-19(27)30-9-16(31-17)35-15-4-2-1-3-11(15)20(28)33/h1-9,18,29H,(H2,27,30)(H2,28,33)(H,32,34). The largest absolute Gasteiger partial charge is 0.412 e. The number of anilines is 1. The van der Waals surface area contributed by atoms with Gasteiger partial charge in [0.2, 0.25) is 5.91 Å². The molecule has 2 heterocycles. The van der Waals surface area contributed by atoms with Crippen molar-refractivity contribution in [2.45, 2.75) is 22.1 Å². The molecular formula is C22H16F4N6O2S. The predicted molar refractivity (Wildman–Crippen MR) is 120 cm³/mol. The average Bonchev–Trinajstić information content (AvgIpc) is 3.20. The summed E-state index contributed by atoms with van der Waals surface area (Å²) in [6, 6.07) is 7.15. The van der Waals surface area contributed by atoms with Gasteiger partial charge in [0.15, 0.2) is 17.6 Å². The van der Waals surface area contributed by atoms with E-state index in [2.05, 4.69) is 15.0 Å². The summed E-state index contributed by atoms with van der Waals surface area (Å²) in [5.41, 5.74) is 10.6. The average molecular weight is 504 g/mol. The van der Waals surface area contributed by atoms with Crippen LogP contribution in [0.15, 0.2) is 64.8 Å². The fourth-order valence-electron chi connectivity index (χ4n) is 3.36. The van der Waals surface area contributed by atoms with Crippen molar-refractivity contribution in [2.75, 3.05) is 5.73 Å². The zero-order chi connectivity index (χ0) is 25.3. The van der Waals surface area contributed by atoms with Crippen molar-refractivity contribution in [1.29, 1.82) is 0 Å². The second-order valence-corrected chi connectivity index (χ2v) is 8.35. The smallest absolute Gasteiger partial charge is 0.382 e. The molecule has 0 saturated carbocycles. The summed E-state index contributed by atoms with van der Waals surface area (Å²) in [5.74, 6) is -3.08. The molecule has 0 fully saturated rings. The Morgan fingerprint density at radius 1 is 1.14 bits per heavy atom. The molecule has 4 aromatic rings. The van der Waals surface area contributed by atoms with E-state index in [1.165, 1.54) is 18.3 Å². The number of benzene rings is 2. The Balaban J connectivity index is 1.66. The van der Waals surface area contributed by atoms with Crippen molar-refractivity contribution in [3.8, 4) is 0 Å². The number of halogens is 4. The zero-order valence-corrected chi connectivity index (χ0v) is 18.4. The molecule has 0 aliphatic heterocycles. The van der Waals surface area contributed by atoms with Crippen LogP contribution in [-0.2, 0) is 0 Å². The second-order valence-electron chi connectivity index (χ2n) is 7.29. The number of aromatic amines is 1. The lowest BCUT2D eigenvalue weighted by Gasteiger charge is -2.21. The summed E-state index contributed by atoms with van der Waals surface area (Å²) < 4.78 is 55.5. The van der Waals surface area contributed by atoms with Crippen molar-refractivity contribution < 1.29 is 27.2 Å². The van der Waals surface area contributed by atoms with Crippen LogP contribution in [0, 0.1) is 5.82 Å². The van der Waals surface area contributed by atoms with E-state index in [4.69, 9.17) is 11.5 Å². The minimum atomic E-state index is -4.92. The van der Waals surface area contributed by atoms with E-state index >= 15 is 0 Å². The number of primary amides is 1. The molecule has 13 heteroatoms. The zero-order valence-electron chi connectivity index (χ0n) is 17.6. The van der Waals surface area contributed by atoms with E-state index in [0.29, 0.717) is 4.90 Å². The summed E-state index contributed by atoms with van der Waals surface area (Å²) in [7, 11) is 0. The molecule has 0 spiro atoms. The molecule has 6 N–H and O–H groups in total. The Morgan fingerprint density at radius 2 is 1.89 bits per heavy atom. The molecule has 180 valence electrons. The maximum absolute atomic E-state index is 13.9. The van der Waals surface area contributed by atoms with E-state index in [-0.39, 0.29) is 27.1 Å². The van der Waals surface area contributed by atoms with E-state index in [1.54, 1.807) is 18.2 Å². The van der Waals surface area contributed by atoms with Crippen LogP contribution in [0.1, 0.15) is 32.5 Å². The van der Waals surface area contributed by atoms with Gasteiger partial charge in [0.05, 0.1) is 11.8 Å². The second kappa shape index (κ2) is 9.25. The minimum absolute atomic E-state index is 0.0425. The summed E-state index contributed by atoms with van der Waals surface area (Å²) in [4.78, 5) is 35.4. The fourth-order valence-corrected chi connectivity index (χ4v) is 4.25. The third-order valence-corrected chi connectivity index (χ3v) is 5.93. The van der Waals surface area contributed by atoms with Gasteiger partial charge in [-0.3, -0.25) is 9.59 Å². The van der Waals surface area contributed by atoms with Crippen LogP contribution in [0.3, 0.4) is 0 Å². The molecular weight excluding hydrogens is 488 g/mol. The lowest BCUT2D eigenvalue weighted by molar-refractivity contribution is -0.155. The molecule has 35 heavy (non-hydrogen) atoms. The third-order valence-electron chi connectivity index (χ3n) is 4.95. The first-order valence-corrected chi connectivity index (χ1v) is 10.7. The molecule has 8 nitrogen and oxygen atoms in total. The van der Waals surface area contributed by atoms with Crippen molar-refractivity contribution in [3.05, 3.63) is 77.5 Å². The molecule has 2 aromatic heterocycles. The molecule has 0 bridgehead atoms. The number of nitrogens with two attached hydrogens (primary N) is 2. The number of alkyl halides is 3. The van der Waals surface area contributed by atoms with Gasteiger partial charge in [-0.15, -0.1) is 0 Å². The lowest BCUT2D eigenvalue weighted by atomic mass is 10.0. The Hall–Kier alpha value is -4.13. The summed E-state index contributed by atoms with van der Waals surface area (Å²) in [6.45, 7) is 0. The van der Waals surface area contributed by atoms with Gasteiger partial charge in [-0.25, -0.2) is 14.4 Å². The van der Waals surface area contributed by atoms with Crippen LogP contribution in [-0.4, -0.2) is 32.9 Å². The van der Waals surface area contributed by atoms with E-state index in [9.17, 15) is 27.2 Å². The fraction of sp³-hybridized carbons (Fsp3) is 0.0909. The topological polar surface area (TPSA) is 140 Å². The Morgan fingerprint density at radius 3 is 2.60 bits per heavy atom. The number of hydrogen-bond acceptors (Lipinski definition) is 6. The molecule has 0 radical (unpaired) electrons. The number of rotatable bonds is 6. The number of fused-ring (bicyclic) bond motifs is 1. The van der Waals surface area contributed by atoms with Crippen LogP contribution < -0.4 is 16.8 Å². The Kier molecular flexibility index (Phi) is 6.35. The van der Waals surface area contributed by atoms with Crippen LogP contribution in [0.4, 0.5) is 23.4 Å². The molecule has 0 aliphatic rings. The highest BCUT2D eigenvalue weighted by Crippen LogP contribution is 2.37. The number of carbonyl (C=O) groups excluding carboxylic acids is 2. The van der Waals surface area contributed by atoms with Crippen molar-refractivity contribution in [1.82, 2.24) is 20.3 Å². The van der Waals surface area contributed by atoms with Crippen molar-refractivity contribution in [3.63, 3.8) is 0 Å². The van der Waals surface area contributed by atoms with Crippen LogP contribution in [0.5, 0.6) is 0 Å². The Labute approximate surface area is 199 Å². The van der Waals surface area contributed by atoms with Crippen LogP contribution in [0.25, 0.3) is 10.9 Å². The molecule has 2 aromatic carbocycles. The maximum Gasteiger partial charge on any atom is 0.412 e. The number of nitrogens with zero attached hydrogens (tertiary/aromatic N) is 2. The van der Waals surface area contributed by atoms with E-state index in [1.807, 2.05) is 5.32 Å². The number of H-pyrrole nitrogens is 1. The highest BCUT2D eigenvalue weighted by Gasteiger charge is 2.43. The van der Waals surface area contributed by atoms with Crippen molar-refractivity contribution >= 4 is 40.3 Å². The van der Waals surface area contributed by atoms with Crippen LogP contribution >= 0.6 is 11.8 Å².